The summed E-state index contributed by atoms with van der Waals surface area (Å²) in [5, 5.41) is 5.83. The van der Waals surface area contributed by atoms with E-state index >= 15 is 0 Å². The third kappa shape index (κ3) is 6.94. The number of nitrogens with one attached hydrogen (secondary N) is 2. The van der Waals surface area contributed by atoms with Crippen molar-refractivity contribution in [3.05, 3.63) is 101 Å². The fourth-order valence-electron chi connectivity index (χ4n) is 2.59. The molecule has 0 aliphatic heterocycles. The largest absolute Gasteiger partial charge is 0.321 e. The molecule has 3 rings (SSSR count). The SMILES string of the molecule is O=C(Nc1ccc(SC(F)F)cc1)/C(=C/c1ccc(Cl)cc1)NC(=O)c1ccccc1. The minimum absolute atomic E-state index is 0.0159. The molecule has 0 saturated carbocycles. The molecule has 8 heteroatoms. The molecule has 158 valence electrons. The van der Waals surface area contributed by atoms with E-state index in [0.29, 0.717) is 38.5 Å². The zero-order valence-corrected chi connectivity index (χ0v) is 17.6. The van der Waals surface area contributed by atoms with Gasteiger partial charge in [-0.15, -0.1) is 0 Å². The second kappa shape index (κ2) is 10.7. The molecule has 3 aromatic carbocycles. The highest BCUT2D eigenvalue weighted by Crippen LogP contribution is 2.26. The van der Waals surface area contributed by atoms with Gasteiger partial charge in [0.25, 0.3) is 17.6 Å². The van der Waals surface area contributed by atoms with E-state index in [9.17, 15) is 18.4 Å². The quantitative estimate of drug-likeness (QED) is 0.334. The molecule has 0 heterocycles. The number of alkyl halides is 2. The van der Waals surface area contributed by atoms with E-state index < -0.39 is 17.6 Å². The molecule has 0 bridgehead atoms. The average molecular weight is 459 g/mol. The Bertz CT molecular complexity index is 1070. The fraction of sp³-hybridized carbons (Fsp3) is 0.0435. The van der Waals surface area contributed by atoms with Crippen molar-refractivity contribution in [1.82, 2.24) is 5.32 Å². The van der Waals surface area contributed by atoms with Crippen LogP contribution in [0.1, 0.15) is 15.9 Å². The minimum Gasteiger partial charge on any atom is -0.321 e. The predicted molar refractivity (Wildman–Crippen MR) is 120 cm³/mol. The number of hydrogen-bond acceptors (Lipinski definition) is 3. The second-order valence-corrected chi connectivity index (χ2v) is 7.79. The van der Waals surface area contributed by atoms with E-state index in [2.05, 4.69) is 10.6 Å². The summed E-state index contributed by atoms with van der Waals surface area (Å²) in [5.41, 5.74) is 1.47. The molecule has 0 unspecified atom stereocenters. The number of hydrogen-bond donors (Lipinski definition) is 2. The van der Waals surface area contributed by atoms with Gasteiger partial charge in [-0.2, -0.15) is 8.78 Å². The third-order valence-corrected chi connectivity index (χ3v) is 5.02. The molecule has 0 saturated heterocycles. The molecule has 0 fully saturated rings. The van der Waals surface area contributed by atoms with E-state index in [1.54, 1.807) is 54.6 Å². The lowest BCUT2D eigenvalue weighted by Gasteiger charge is -2.12. The molecule has 0 aliphatic carbocycles. The lowest BCUT2D eigenvalue weighted by atomic mass is 10.1. The predicted octanol–water partition coefficient (Wildman–Crippen LogP) is 6.06. The number of carbonyl (C=O) groups is 2. The number of carbonyl (C=O) groups excluding carboxylic acids is 2. The maximum absolute atomic E-state index is 12.9. The average Bonchev–Trinajstić information content (AvgIpc) is 2.76. The Balaban J connectivity index is 1.81. The normalized spacial score (nSPS) is 11.3. The highest BCUT2D eigenvalue weighted by Gasteiger charge is 2.15. The van der Waals surface area contributed by atoms with Crippen LogP contribution in [0.5, 0.6) is 0 Å². The van der Waals surface area contributed by atoms with Gasteiger partial charge in [-0.1, -0.05) is 53.7 Å². The van der Waals surface area contributed by atoms with Gasteiger partial charge in [0.15, 0.2) is 0 Å². The molecule has 4 nitrogen and oxygen atoms in total. The molecular weight excluding hydrogens is 442 g/mol. The van der Waals surface area contributed by atoms with E-state index in [-0.39, 0.29) is 5.70 Å². The second-order valence-electron chi connectivity index (χ2n) is 6.29. The Morgan fingerprint density at radius 1 is 0.903 bits per heavy atom. The van der Waals surface area contributed by atoms with Crippen LogP contribution in [0.15, 0.2) is 89.5 Å². The zero-order valence-electron chi connectivity index (χ0n) is 16.0. The Kier molecular flexibility index (Phi) is 7.81. The highest BCUT2D eigenvalue weighted by atomic mass is 35.5. The summed E-state index contributed by atoms with van der Waals surface area (Å²) in [6, 6.07) is 21.2. The van der Waals surface area contributed by atoms with Crippen molar-refractivity contribution in [1.29, 1.82) is 0 Å². The highest BCUT2D eigenvalue weighted by molar-refractivity contribution is 7.99. The Morgan fingerprint density at radius 2 is 1.55 bits per heavy atom. The number of halogens is 3. The summed E-state index contributed by atoms with van der Waals surface area (Å²) < 4.78 is 24.9. The Labute approximate surface area is 187 Å². The molecule has 0 aromatic heterocycles. The van der Waals surface area contributed by atoms with Crippen LogP contribution in [0, 0.1) is 0 Å². The van der Waals surface area contributed by atoms with Gasteiger partial charge in [-0.25, -0.2) is 0 Å². The van der Waals surface area contributed by atoms with Crippen LogP contribution < -0.4 is 10.6 Å². The molecule has 0 spiro atoms. The first-order valence-corrected chi connectivity index (χ1v) is 10.4. The lowest BCUT2D eigenvalue weighted by Crippen LogP contribution is -2.30. The molecule has 0 atom stereocenters. The topological polar surface area (TPSA) is 58.2 Å². The Hall–Kier alpha value is -3.16. The van der Waals surface area contributed by atoms with Gasteiger partial charge in [0.2, 0.25) is 0 Å². The molecule has 0 aliphatic rings. The van der Waals surface area contributed by atoms with Crippen LogP contribution in [0.25, 0.3) is 6.08 Å². The van der Waals surface area contributed by atoms with Gasteiger partial charge in [-0.3, -0.25) is 9.59 Å². The zero-order chi connectivity index (χ0) is 22.2. The van der Waals surface area contributed by atoms with Gasteiger partial charge in [0, 0.05) is 21.2 Å². The van der Waals surface area contributed by atoms with E-state index in [1.165, 1.54) is 30.3 Å². The molecular formula is C23H17ClF2N2O2S. The fourth-order valence-corrected chi connectivity index (χ4v) is 3.21. The van der Waals surface area contributed by atoms with Crippen LogP contribution in [0.2, 0.25) is 5.02 Å². The third-order valence-electron chi connectivity index (χ3n) is 4.05. The van der Waals surface area contributed by atoms with Crippen LogP contribution in [-0.4, -0.2) is 17.6 Å². The van der Waals surface area contributed by atoms with Crippen LogP contribution in [0.4, 0.5) is 14.5 Å². The summed E-state index contributed by atoms with van der Waals surface area (Å²) in [6.07, 6.45) is 1.52. The van der Waals surface area contributed by atoms with E-state index in [1.807, 2.05) is 0 Å². The maximum atomic E-state index is 12.9. The number of amides is 2. The van der Waals surface area contributed by atoms with Gasteiger partial charge in [0.05, 0.1) is 0 Å². The van der Waals surface area contributed by atoms with Gasteiger partial charge >= 0.3 is 0 Å². The molecule has 2 N–H and O–H groups in total. The molecule has 31 heavy (non-hydrogen) atoms. The van der Waals surface area contributed by atoms with E-state index in [0.717, 1.165) is 0 Å². The van der Waals surface area contributed by atoms with Crippen molar-refractivity contribution in [3.8, 4) is 0 Å². The number of benzene rings is 3. The van der Waals surface area contributed by atoms with Crippen molar-refractivity contribution in [2.24, 2.45) is 0 Å². The maximum Gasteiger partial charge on any atom is 0.288 e. The van der Waals surface area contributed by atoms with Crippen molar-refractivity contribution in [2.45, 2.75) is 10.7 Å². The van der Waals surface area contributed by atoms with Crippen molar-refractivity contribution in [2.75, 3.05) is 5.32 Å². The number of thioether (sulfide) groups is 1. The van der Waals surface area contributed by atoms with Crippen LogP contribution >= 0.6 is 23.4 Å². The summed E-state index contributed by atoms with van der Waals surface area (Å²) in [4.78, 5) is 25.8. The minimum atomic E-state index is -2.53. The summed E-state index contributed by atoms with van der Waals surface area (Å²) in [6.45, 7) is 0. The van der Waals surface area contributed by atoms with Crippen molar-refractivity contribution >= 4 is 46.9 Å². The summed E-state index contributed by atoms with van der Waals surface area (Å²) >= 11 is 6.32. The monoisotopic (exact) mass is 458 g/mol. The van der Waals surface area contributed by atoms with Gasteiger partial charge in [0.1, 0.15) is 5.70 Å². The number of anilines is 1. The summed E-state index contributed by atoms with van der Waals surface area (Å²) in [5.74, 6) is -3.53. The molecule has 3 aromatic rings. The van der Waals surface area contributed by atoms with E-state index in [4.69, 9.17) is 11.6 Å². The first-order valence-electron chi connectivity index (χ1n) is 9.10. The standard InChI is InChI=1S/C23H17ClF2N2O2S/c24-17-8-6-15(7-9-17)14-20(28-21(29)16-4-2-1-3-5-16)22(30)27-18-10-12-19(13-11-18)31-23(25)26/h1-14,23H,(H,27,30)(H,28,29)/b20-14-. The molecule has 0 radical (unpaired) electrons. The smallest absolute Gasteiger partial charge is 0.288 e. The lowest BCUT2D eigenvalue weighted by molar-refractivity contribution is -0.113. The first kappa shape index (κ1) is 22.5. The first-order chi connectivity index (χ1) is 14.9. The van der Waals surface area contributed by atoms with Crippen molar-refractivity contribution < 1.29 is 18.4 Å². The Morgan fingerprint density at radius 3 is 2.16 bits per heavy atom. The van der Waals surface area contributed by atoms with Gasteiger partial charge in [-0.05, 0) is 60.2 Å². The summed E-state index contributed by atoms with van der Waals surface area (Å²) in [7, 11) is 0. The number of rotatable bonds is 7. The molecule has 2 amide bonds. The van der Waals surface area contributed by atoms with Crippen LogP contribution in [-0.2, 0) is 4.79 Å². The van der Waals surface area contributed by atoms with Crippen LogP contribution in [0.3, 0.4) is 0 Å². The van der Waals surface area contributed by atoms with Gasteiger partial charge < -0.3 is 10.6 Å². The van der Waals surface area contributed by atoms with Crippen molar-refractivity contribution in [3.63, 3.8) is 0 Å².